The predicted molar refractivity (Wildman–Crippen MR) is 105 cm³/mol. The summed E-state index contributed by atoms with van der Waals surface area (Å²) in [6.45, 7) is 3.09. The molecule has 1 heterocycles. The van der Waals surface area contributed by atoms with Crippen LogP contribution in [0.1, 0.15) is 31.8 Å². The highest BCUT2D eigenvalue weighted by atomic mass is 16.7. The number of carbonyl (C=O) groups excluding carboxylic acids is 2. The Morgan fingerprint density at radius 1 is 0.833 bits per heavy atom. The van der Waals surface area contributed by atoms with Gasteiger partial charge in [0.15, 0.2) is 18.5 Å². The Balaban J connectivity index is 1.82. The zero-order valence-corrected chi connectivity index (χ0v) is 16.6. The number of carbonyl (C=O) groups is 2. The van der Waals surface area contributed by atoms with Gasteiger partial charge in [0, 0.05) is 0 Å². The predicted octanol–water partition coefficient (Wildman–Crippen LogP) is 1.12. The first kappa shape index (κ1) is 21.9. The van der Waals surface area contributed by atoms with E-state index in [1.54, 1.807) is 48.5 Å². The van der Waals surface area contributed by atoms with Crippen molar-refractivity contribution in [3.63, 3.8) is 0 Å². The quantitative estimate of drug-likeness (QED) is 0.620. The standard InChI is InChI=1S/C22H24O8/c1-12-3-7-14(8-4-12)20(25)29-18-17(24)16(11-23)28-22(27)19(18)30-21(26)15-9-5-13(2)6-10-15/h3-10,16-19,22-24,27H,11H2,1-2H3/t16-,17-,18+,19-,22-/m1/s1. The number of hydrogen-bond acceptors (Lipinski definition) is 8. The van der Waals surface area contributed by atoms with E-state index in [1.165, 1.54) is 0 Å². The first-order valence-corrected chi connectivity index (χ1v) is 9.48. The van der Waals surface area contributed by atoms with E-state index in [9.17, 15) is 24.9 Å². The normalized spacial score (nSPS) is 26.1. The van der Waals surface area contributed by atoms with Gasteiger partial charge in [0.2, 0.25) is 0 Å². The molecule has 160 valence electrons. The van der Waals surface area contributed by atoms with Crippen LogP contribution in [0.5, 0.6) is 0 Å². The highest BCUT2D eigenvalue weighted by molar-refractivity contribution is 5.90. The summed E-state index contributed by atoms with van der Waals surface area (Å²) in [4.78, 5) is 25.1. The molecule has 0 aliphatic carbocycles. The van der Waals surface area contributed by atoms with Gasteiger partial charge in [-0.3, -0.25) is 0 Å². The van der Waals surface area contributed by atoms with Crippen molar-refractivity contribution in [2.75, 3.05) is 6.61 Å². The smallest absolute Gasteiger partial charge is 0.338 e. The van der Waals surface area contributed by atoms with E-state index >= 15 is 0 Å². The van der Waals surface area contributed by atoms with Gasteiger partial charge in [-0.1, -0.05) is 35.4 Å². The van der Waals surface area contributed by atoms with Crippen LogP contribution in [0.3, 0.4) is 0 Å². The molecule has 0 spiro atoms. The Bertz CT molecular complexity index is 877. The van der Waals surface area contributed by atoms with Crippen molar-refractivity contribution in [2.45, 2.75) is 44.6 Å². The van der Waals surface area contributed by atoms with Gasteiger partial charge < -0.3 is 29.5 Å². The third-order valence-electron chi connectivity index (χ3n) is 4.88. The number of aliphatic hydroxyl groups is 3. The summed E-state index contributed by atoms with van der Waals surface area (Å²) >= 11 is 0. The fourth-order valence-electron chi connectivity index (χ4n) is 3.08. The van der Waals surface area contributed by atoms with E-state index in [0.29, 0.717) is 0 Å². The van der Waals surface area contributed by atoms with Gasteiger partial charge in [-0.25, -0.2) is 9.59 Å². The van der Waals surface area contributed by atoms with Crippen molar-refractivity contribution >= 4 is 11.9 Å². The average molecular weight is 416 g/mol. The molecule has 3 rings (SSSR count). The molecule has 3 N–H and O–H groups in total. The van der Waals surface area contributed by atoms with Crippen LogP contribution in [0.25, 0.3) is 0 Å². The summed E-state index contributed by atoms with van der Waals surface area (Å²) in [5, 5.41) is 30.2. The molecule has 8 heteroatoms. The van der Waals surface area contributed by atoms with Gasteiger partial charge in [-0.05, 0) is 38.1 Å². The monoisotopic (exact) mass is 416 g/mol. The second-order valence-corrected chi connectivity index (χ2v) is 7.21. The summed E-state index contributed by atoms with van der Waals surface area (Å²) < 4.78 is 15.8. The zero-order valence-electron chi connectivity index (χ0n) is 16.6. The Kier molecular flexibility index (Phi) is 6.84. The number of aryl methyl sites for hydroxylation is 2. The average Bonchev–Trinajstić information content (AvgIpc) is 2.73. The van der Waals surface area contributed by atoms with E-state index in [2.05, 4.69) is 0 Å². The van der Waals surface area contributed by atoms with Crippen molar-refractivity contribution in [3.05, 3.63) is 70.8 Å². The number of hydrogen-bond donors (Lipinski definition) is 3. The van der Waals surface area contributed by atoms with E-state index < -0.39 is 49.3 Å². The molecule has 2 aromatic rings. The molecule has 8 nitrogen and oxygen atoms in total. The zero-order chi connectivity index (χ0) is 21.8. The molecule has 0 unspecified atom stereocenters. The van der Waals surface area contributed by atoms with Crippen molar-refractivity contribution < 1.29 is 39.1 Å². The minimum Gasteiger partial charge on any atom is -0.452 e. The van der Waals surface area contributed by atoms with Gasteiger partial charge in [0.05, 0.1) is 17.7 Å². The molecule has 0 amide bonds. The van der Waals surface area contributed by atoms with Gasteiger partial charge in [-0.15, -0.1) is 0 Å². The minimum absolute atomic E-state index is 0.218. The second-order valence-electron chi connectivity index (χ2n) is 7.21. The first-order chi connectivity index (χ1) is 14.3. The molecule has 1 aliphatic heterocycles. The summed E-state index contributed by atoms with van der Waals surface area (Å²) in [6, 6.07) is 13.1. The highest BCUT2D eigenvalue weighted by Gasteiger charge is 2.49. The summed E-state index contributed by atoms with van der Waals surface area (Å²) in [6.07, 6.45) is -7.40. The lowest BCUT2D eigenvalue weighted by atomic mass is 9.98. The van der Waals surface area contributed by atoms with Crippen molar-refractivity contribution in [2.24, 2.45) is 0 Å². The molecule has 1 fully saturated rings. The number of esters is 2. The molecule has 30 heavy (non-hydrogen) atoms. The Morgan fingerprint density at radius 3 is 1.70 bits per heavy atom. The van der Waals surface area contributed by atoms with Crippen LogP contribution in [0.15, 0.2) is 48.5 Å². The number of aliphatic hydroxyl groups excluding tert-OH is 3. The first-order valence-electron chi connectivity index (χ1n) is 9.48. The fraction of sp³-hybridized carbons (Fsp3) is 0.364. The van der Waals surface area contributed by atoms with E-state index in [1.807, 2.05) is 13.8 Å². The van der Waals surface area contributed by atoms with Crippen LogP contribution in [-0.2, 0) is 14.2 Å². The van der Waals surface area contributed by atoms with Gasteiger partial charge in [-0.2, -0.15) is 0 Å². The van der Waals surface area contributed by atoms with Crippen LogP contribution >= 0.6 is 0 Å². The number of ether oxygens (including phenoxy) is 3. The number of rotatable bonds is 5. The van der Waals surface area contributed by atoms with Crippen LogP contribution in [0.4, 0.5) is 0 Å². The second kappa shape index (κ2) is 9.36. The summed E-state index contributed by atoms with van der Waals surface area (Å²) in [7, 11) is 0. The summed E-state index contributed by atoms with van der Waals surface area (Å²) in [5.74, 6) is -1.56. The minimum atomic E-state index is -1.71. The van der Waals surface area contributed by atoms with Gasteiger partial charge >= 0.3 is 11.9 Å². The molecule has 2 aromatic carbocycles. The van der Waals surface area contributed by atoms with Gasteiger partial charge in [0.25, 0.3) is 0 Å². The van der Waals surface area contributed by atoms with E-state index in [-0.39, 0.29) is 11.1 Å². The van der Waals surface area contributed by atoms with Crippen molar-refractivity contribution in [1.82, 2.24) is 0 Å². The molecular weight excluding hydrogens is 392 g/mol. The van der Waals surface area contributed by atoms with Crippen LogP contribution in [0, 0.1) is 13.8 Å². The Hall–Kier alpha value is -2.78. The number of benzene rings is 2. The SMILES string of the molecule is Cc1ccc(C(=O)O[C@@H]2[C@@H](OC(=O)c3ccc(C)cc3)[C@H](O)[C@@H](CO)O[C@H]2O)cc1. The third-order valence-corrected chi connectivity index (χ3v) is 4.88. The molecule has 0 saturated carbocycles. The van der Waals surface area contributed by atoms with Crippen LogP contribution in [-0.4, -0.2) is 64.6 Å². The van der Waals surface area contributed by atoms with Gasteiger partial charge in [0.1, 0.15) is 12.2 Å². The lowest BCUT2D eigenvalue weighted by molar-refractivity contribution is -0.285. The Morgan fingerprint density at radius 2 is 1.27 bits per heavy atom. The van der Waals surface area contributed by atoms with Crippen LogP contribution in [0.2, 0.25) is 0 Å². The maximum Gasteiger partial charge on any atom is 0.338 e. The lowest BCUT2D eigenvalue weighted by Gasteiger charge is -2.41. The fourth-order valence-corrected chi connectivity index (χ4v) is 3.08. The maximum absolute atomic E-state index is 12.6. The van der Waals surface area contributed by atoms with E-state index in [4.69, 9.17) is 14.2 Å². The summed E-state index contributed by atoms with van der Waals surface area (Å²) in [5.41, 5.74) is 2.32. The van der Waals surface area contributed by atoms with Crippen molar-refractivity contribution in [1.29, 1.82) is 0 Å². The molecule has 1 aliphatic rings. The largest absolute Gasteiger partial charge is 0.452 e. The highest BCUT2D eigenvalue weighted by Crippen LogP contribution is 2.26. The van der Waals surface area contributed by atoms with Crippen molar-refractivity contribution in [3.8, 4) is 0 Å². The van der Waals surface area contributed by atoms with E-state index in [0.717, 1.165) is 11.1 Å². The molecule has 0 bridgehead atoms. The molecule has 0 radical (unpaired) electrons. The topological polar surface area (TPSA) is 123 Å². The molecule has 5 atom stereocenters. The third kappa shape index (κ3) is 4.85. The molecular formula is C22H24O8. The maximum atomic E-state index is 12.6. The lowest BCUT2D eigenvalue weighted by Crippen LogP contribution is -2.61. The van der Waals surface area contributed by atoms with Crippen LogP contribution < -0.4 is 0 Å². The Labute approximate surface area is 173 Å². The molecule has 0 aromatic heterocycles. The molecule has 1 saturated heterocycles.